The molecule has 2 aliphatic rings. The molecule has 2 aliphatic heterocycles. The summed E-state index contributed by atoms with van der Waals surface area (Å²) in [6, 6.07) is 23.2. The summed E-state index contributed by atoms with van der Waals surface area (Å²) >= 11 is 6.00. The van der Waals surface area contributed by atoms with Gasteiger partial charge in [-0.05, 0) is 35.9 Å². The Morgan fingerprint density at radius 1 is 0.919 bits per heavy atom. The van der Waals surface area contributed by atoms with Crippen molar-refractivity contribution in [2.45, 2.75) is 18.6 Å². The van der Waals surface area contributed by atoms with Gasteiger partial charge in [0.1, 0.15) is 5.69 Å². The van der Waals surface area contributed by atoms with Crippen molar-refractivity contribution in [1.82, 2.24) is 15.0 Å². The van der Waals surface area contributed by atoms with Gasteiger partial charge in [-0.2, -0.15) is 0 Å². The number of ketones is 1. The van der Waals surface area contributed by atoms with Crippen LogP contribution in [0.25, 0.3) is 6.08 Å². The molecule has 4 aromatic rings. The number of para-hydroxylation sites is 1. The zero-order chi connectivity index (χ0) is 25.5. The number of β-lactam (4-membered cyclic amide) rings is 1. The molecule has 0 spiro atoms. The van der Waals surface area contributed by atoms with E-state index in [9.17, 15) is 14.4 Å². The Kier molecular flexibility index (Phi) is 5.65. The minimum absolute atomic E-state index is 0.0486. The highest BCUT2D eigenvalue weighted by molar-refractivity contribution is 6.52. The second-order valence-corrected chi connectivity index (χ2v) is 9.26. The number of hydrogen-bond acceptors (Lipinski definition) is 5. The van der Waals surface area contributed by atoms with E-state index < -0.39 is 17.7 Å². The van der Waals surface area contributed by atoms with Gasteiger partial charge in [-0.25, -0.2) is 4.68 Å². The number of Topliss-reactive ketones (excluding diaryl/α,β-unsaturated/α-hetero) is 1. The first-order valence-corrected chi connectivity index (χ1v) is 12.1. The molecule has 0 unspecified atom stereocenters. The van der Waals surface area contributed by atoms with E-state index in [0.29, 0.717) is 16.4 Å². The molecule has 0 saturated carbocycles. The number of nitrogens with zero attached hydrogens (tertiary/aromatic N) is 5. The summed E-state index contributed by atoms with van der Waals surface area (Å²) in [5, 5.41) is 8.81. The average molecular weight is 510 g/mol. The van der Waals surface area contributed by atoms with Crippen molar-refractivity contribution < 1.29 is 14.4 Å². The number of rotatable bonds is 6. The number of halogens is 1. The van der Waals surface area contributed by atoms with Crippen LogP contribution in [0.3, 0.4) is 0 Å². The highest BCUT2D eigenvalue weighted by atomic mass is 35.5. The van der Waals surface area contributed by atoms with Gasteiger partial charge >= 0.3 is 0 Å². The molecule has 1 fully saturated rings. The zero-order valence-electron chi connectivity index (χ0n) is 19.4. The second kappa shape index (κ2) is 9.15. The molecule has 0 aliphatic carbocycles. The third-order valence-electron chi connectivity index (χ3n) is 6.53. The lowest BCUT2D eigenvalue weighted by Gasteiger charge is -2.45. The van der Waals surface area contributed by atoms with Gasteiger partial charge in [0.2, 0.25) is 0 Å². The predicted molar refractivity (Wildman–Crippen MR) is 139 cm³/mol. The van der Waals surface area contributed by atoms with Gasteiger partial charge in [-0.15, -0.1) is 5.10 Å². The van der Waals surface area contributed by atoms with Gasteiger partial charge in [-0.1, -0.05) is 77.5 Å². The largest absolute Gasteiger partial charge is 0.301 e. The maximum atomic E-state index is 13.3. The van der Waals surface area contributed by atoms with Crippen molar-refractivity contribution in [3.8, 4) is 0 Å². The quantitative estimate of drug-likeness (QED) is 0.285. The number of carbonyl (C=O) groups excluding carboxylic acids is 3. The van der Waals surface area contributed by atoms with E-state index in [1.807, 2.05) is 72.8 Å². The molecular formula is C28H20ClN5O3. The molecule has 1 aromatic heterocycles. The van der Waals surface area contributed by atoms with Crippen molar-refractivity contribution in [2.75, 3.05) is 9.80 Å². The van der Waals surface area contributed by atoms with Crippen molar-refractivity contribution in [2.24, 2.45) is 0 Å². The van der Waals surface area contributed by atoms with Crippen LogP contribution in [-0.4, -0.2) is 38.6 Å². The van der Waals surface area contributed by atoms with Crippen LogP contribution in [0.15, 0.2) is 91.1 Å². The summed E-state index contributed by atoms with van der Waals surface area (Å²) in [6.07, 6.45) is 5.62. The Morgan fingerprint density at radius 3 is 2.41 bits per heavy atom. The summed E-state index contributed by atoms with van der Waals surface area (Å²) in [5.41, 5.74) is 3.02. The molecule has 37 heavy (non-hydrogen) atoms. The van der Waals surface area contributed by atoms with Gasteiger partial charge in [0.15, 0.2) is 6.04 Å². The molecule has 182 valence electrons. The third-order valence-corrected chi connectivity index (χ3v) is 6.76. The lowest BCUT2D eigenvalue weighted by molar-refractivity contribution is -0.128. The van der Waals surface area contributed by atoms with Gasteiger partial charge in [0.05, 0.1) is 30.0 Å². The number of aromatic nitrogens is 3. The number of hydrogen-bond donors (Lipinski definition) is 0. The minimum Gasteiger partial charge on any atom is -0.301 e. The Hall–Kier alpha value is -4.56. The Bertz CT molecular complexity index is 1550. The van der Waals surface area contributed by atoms with Gasteiger partial charge in [0.25, 0.3) is 17.6 Å². The number of carbonyl (C=O) groups is 3. The van der Waals surface area contributed by atoms with Crippen LogP contribution < -0.4 is 9.80 Å². The van der Waals surface area contributed by atoms with E-state index in [0.717, 1.165) is 11.3 Å². The smallest absolute Gasteiger partial charge is 0.299 e. The van der Waals surface area contributed by atoms with Crippen LogP contribution in [0.5, 0.6) is 0 Å². The normalized spacial score (nSPS) is 19.0. The molecule has 0 bridgehead atoms. The molecule has 2 atom stereocenters. The fourth-order valence-electron chi connectivity index (χ4n) is 4.73. The molecule has 9 heteroatoms. The van der Waals surface area contributed by atoms with Crippen LogP contribution >= 0.6 is 11.6 Å². The van der Waals surface area contributed by atoms with E-state index in [1.165, 1.54) is 15.6 Å². The molecule has 2 amide bonds. The van der Waals surface area contributed by atoms with Crippen molar-refractivity contribution in [3.63, 3.8) is 0 Å². The standard InChI is InChI=1S/C28H20ClN5O3/c29-19-12-14-23-22(15-19)26(35)28(37)32(23)16-20-17-33(31-30-20)25-24(13-11-18-7-3-1-4-8-18)34(27(25)36)21-9-5-2-6-10-21/h1-15,17,24-25H,16H2/b13-11+/t24-,25+/m1/s1. The molecule has 0 N–H and O–H groups in total. The van der Waals surface area contributed by atoms with E-state index in [4.69, 9.17) is 11.6 Å². The van der Waals surface area contributed by atoms with Crippen LogP contribution in [0.2, 0.25) is 5.02 Å². The maximum absolute atomic E-state index is 13.3. The van der Waals surface area contributed by atoms with Crippen molar-refractivity contribution >= 4 is 46.6 Å². The molecule has 3 heterocycles. The first kappa shape index (κ1) is 22.9. The number of amides is 2. The summed E-state index contributed by atoms with van der Waals surface area (Å²) < 4.78 is 1.53. The minimum atomic E-state index is -0.648. The van der Waals surface area contributed by atoms with Crippen LogP contribution in [0, 0.1) is 0 Å². The molecule has 1 saturated heterocycles. The average Bonchev–Trinajstić information content (AvgIpc) is 3.46. The van der Waals surface area contributed by atoms with E-state index >= 15 is 0 Å². The number of anilines is 2. The van der Waals surface area contributed by atoms with Crippen molar-refractivity contribution in [3.05, 3.63) is 113 Å². The van der Waals surface area contributed by atoms with E-state index in [1.54, 1.807) is 23.2 Å². The SMILES string of the molecule is O=C1C(=O)N(Cc2cn([C@@H]3C(=O)N(c4ccccc4)[C@@H]3/C=C/c3ccccc3)nn2)c2ccc(Cl)cc21. The Balaban J connectivity index is 1.28. The fourth-order valence-corrected chi connectivity index (χ4v) is 4.90. The molecule has 3 aromatic carbocycles. The van der Waals surface area contributed by atoms with Gasteiger partial charge in [0, 0.05) is 10.7 Å². The summed E-state index contributed by atoms with van der Waals surface area (Å²) in [4.78, 5) is 41.4. The lowest BCUT2D eigenvalue weighted by Crippen LogP contribution is -2.61. The second-order valence-electron chi connectivity index (χ2n) is 8.82. The summed E-state index contributed by atoms with van der Waals surface area (Å²) in [7, 11) is 0. The van der Waals surface area contributed by atoms with E-state index in [2.05, 4.69) is 10.3 Å². The van der Waals surface area contributed by atoms with E-state index in [-0.39, 0.29) is 24.1 Å². The van der Waals surface area contributed by atoms with Crippen LogP contribution in [-0.2, 0) is 16.1 Å². The third kappa shape index (κ3) is 4.01. The maximum Gasteiger partial charge on any atom is 0.299 e. The Morgan fingerprint density at radius 2 is 1.65 bits per heavy atom. The zero-order valence-corrected chi connectivity index (χ0v) is 20.2. The molecular weight excluding hydrogens is 490 g/mol. The monoisotopic (exact) mass is 509 g/mol. The Labute approximate surface area is 217 Å². The summed E-state index contributed by atoms with van der Waals surface area (Å²) in [6.45, 7) is 0.0486. The first-order valence-electron chi connectivity index (χ1n) is 11.7. The number of benzene rings is 3. The highest BCUT2D eigenvalue weighted by Crippen LogP contribution is 2.37. The van der Waals surface area contributed by atoms with Crippen molar-refractivity contribution in [1.29, 1.82) is 0 Å². The molecule has 0 radical (unpaired) electrons. The fraction of sp³-hybridized carbons (Fsp3) is 0.107. The number of fused-ring (bicyclic) bond motifs is 1. The molecule has 6 rings (SSSR count). The summed E-state index contributed by atoms with van der Waals surface area (Å²) in [5.74, 6) is -1.37. The first-order chi connectivity index (χ1) is 18.0. The lowest BCUT2D eigenvalue weighted by atomic mass is 9.92. The van der Waals surface area contributed by atoms with Crippen LogP contribution in [0.4, 0.5) is 11.4 Å². The van der Waals surface area contributed by atoms with Crippen LogP contribution in [0.1, 0.15) is 27.7 Å². The predicted octanol–water partition coefficient (Wildman–Crippen LogP) is 4.33. The topological polar surface area (TPSA) is 88.4 Å². The van der Waals surface area contributed by atoms with Gasteiger partial charge in [-0.3, -0.25) is 19.3 Å². The molecule has 8 nitrogen and oxygen atoms in total. The highest BCUT2D eigenvalue weighted by Gasteiger charge is 2.49. The van der Waals surface area contributed by atoms with Gasteiger partial charge < -0.3 is 4.90 Å².